The molecule has 4 rings (SSSR count). The highest BCUT2D eigenvalue weighted by Crippen LogP contribution is 2.44. The number of nitrogens with zero attached hydrogens (tertiary/aromatic N) is 2. The second-order valence-electron chi connectivity index (χ2n) is 8.34. The van der Waals surface area contributed by atoms with E-state index in [9.17, 15) is 9.18 Å². The van der Waals surface area contributed by atoms with Gasteiger partial charge in [-0.15, -0.1) is 0 Å². The summed E-state index contributed by atoms with van der Waals surface area (Å²) in [6.45, 7) is 5.11. The summed E-state index contributed by atoms with van der Waals surface area (Å²) < 4.78 is 19.3. The van der Waals surface area contributed by atoms with Gasteiger partial charge in [0.05, 0.1) is 24.8 Å². The number of amides is 1. The Bertz CT molecular complexity index is 882. The van der Waals surface area contributed by atoms with Crippen molar-refractivity contribution < 1.29 is 13.9 Å². The largest absolute Gasteiger partial charge is 0.496 e. The fourth-order valence-electron chi connectivity index (χ4n) is 5.04. The molecule has 0 saturated carbocycles. The molecule has 28 heavy (non-hydrogen) atoms. The molecule has 5 heteroatoms. The van der Waals surface area contributed by atoms with Gasteiger partial charge in [-0.05, 0) is 63.4 Å². The van der Waals surface area contributed by atoms with E-state index in [2.05, 4.69) is 18.7 Å². The Morgan fingerprint density at radius 2 is 1.93 bits per heavy atom. The number of halogens is 1. The Morgan fingerprint density at radius 3 is 2.68 bits per heavy atom. The van der Waals surface area contributed by atoms with E-state index in [1.54, 1.807) is 19.2 Å². The zero-order chi connectivity index (χ0) is 19.9. The molecule has 2 atom stereocenters. The van der Waals surface area contributed by atoms with Crippen molar-refractivity contribution in [2.24, 2.45) is 0 Å². The van der Waals surface area contributed by atoms with Gasteiger partial charge in [-0.25, -0.2) is 4.39 Å². The number of fused-ring (bicyclic) bond motifs is 1. The second-order valence-corrected chi connectivity index (χ2v) is 8.34. The highest BCUT2D eigenvalue weighted by Gasteiger charge is 2.50. The minimum Gasteiger partial charge on any atom is -0.496 e. The molecule has 0 aliphatic carbocycles. The first-order chi connectivity index (χ1) is 13.4. The van der Waals surface area contributed by atoms with Gasteiger partial charge in [-0.3, -0.25) is 4.79 Å². The number of hydrogen-bond donors (Lipinski definition) is 0. The predicted octanol–water partition coefficient (Wildman–Crippen LogP) is 4.50. The van der Waals surface area contributed by atoms with Crippen LogP contribution in [0.1, 0.15) is 43.5 Å². The van der Waals surface area contributed by atoms with Crippen LogP contribution in [0, 0.1) is 5.82 Å². The summed E-state index contributed by atoms with van der Waals surface area (Å²) in [7, 11) is 1.59. The van der Waals surface area contributed by atoms with Crippen molar-refractivity contribution in [2.75, 3.05) is 18.6 Å². The third-order valence-electron chi connectivity index (χ3n) is 6.12. The Morgan fingerprint density at radius 1 is 1.14 bits per heavy atom. The topological polar surface area (TPSA) is 32.8 Å². The van der Waals surface area contributed by atoms with Crippen LogP contribution in [0.5, 0.6) is 5.75 Å². The number of benzene rings is 2. The van der Waals surface area contributed by atoms with Crippen LogP contribution in [0.3, 0.4) is 0 Å². The van der Waals surface area contributed by atoms with Crippen LogP contribution in [0.4, 0.5) is 10.1 Å². The highest BCUT2D eigenvalue weighted by molar-refractivity contribution is 5.97. The molecular weight excluding hydrogens is 355 g/mol. The molecule has 2 aliphatic heterocycles. The van der Waals surface area contributed by atoms with Gasteiger partial charge < -0.3 is 14.5 Å². The maximum absolute atomic E-state index is 13.9. The number of methoxy groups -OCH3 is 1. The summed E-state index contributed by atoms with van der Waals surface area (Å²) in [6.07, 6.45) is 2.79. The van der Waals surface area contributed by atoms with Crippen molar-refractivity contribution in [2.45, 2.75) is 50.7 Å². The third-order valence-corrected chi connectivity index (χ3v) is 6.12. The van der Waals surface area contributed by atoms with Gasteiger partial charge in [-0.1, -0.05) is 18.2 Å². The summed E-state index contributed by atoms with van der Waals surface area (Å²) in [4.78, 5) is 17.7. The molecule has 0 spiro atoms. The van der Waals surface area contributed by atoms with Crippen LogP contribution in [0.15, 0.2) is 48.5 Å². The maximum atomic E-state index is 13.9. The van der Waals surface area contributed by atoms with Crippen molar-refractivity contribution >= 4 is 11.6 Å². The van der Waals surface area contributed by atoms with Gasteiger partial charge in [0.2, 0.25) is 0 Å². The molecule has 2 heterocycles. The average Bonchev–Trinajstić information content (AvgIpc) is 2.97. The number of ether oxygens (including phenoxy) is 1. The van der Waals surface area contributed by atoms with Crippen molar-refractivity contribution in [3.63, 3.8) is 0 Å². The molecule has 0 bridgehead atoms. The Balaban J connectivity index is 1.68. The van der Waals surface area contributed by atoms with E-state index in [0.29, 0.717) is 11.3 Å². The third kappa shape index (κ3) is 3.13. The molecule has 0 aromatic heterocycles. The number of carbonyl (C=O) groups is 1. The standard InChI is InChI=1S/C23H27FN2O2/c1-23(2)15-20-19(26(23)17-9-6-8-16(24)14-17)11-7-13-25(20)22(27)18-10-4-5-12-21(18)28-3/h4-6,8-10,12,14,19-20H,7,11,13,15H2,1-3H3/t19-,20-/m0/s1. The van der Waals surface area contributed by atoms with E-state index in [1.807, 2.05) is 35.2 Å². The summed E-state index contributed by atoms with van der Waals surface area (Å²) in [5, 5.41) is 0. The number of hydrogen-bond acceptors (Lipinski definition) is 3. The van der Waals surface area contributed by atoms with Crippen LogP contribution in [0.25, 0.3) is 0 Å². The Hall–Kier alpha value is -2.56. The lowest BCUT2D eigenvalue weighted by Gasteiger charge is -2.42. The van der Waals surface area contributed by atoms with E-state index in [4.69, 9.17) is 4.74 Å². The van der Waals surface area contributed by atoms with Gasteiger partial charge in [0.1, 0.15) is 11.6 Å². The van der Waals surface area contributed by atoms with Crippen molar-refractivity contribution in [3.8, 4) is 5.75 Å². The number of likely N-dealkylation sites (tertiary alicyclic amines) is 1. The van der Waals surface area contributed by atoms with E-state index in [1.165, 1.54) is 6.07 Å². The van der Waals surface area contributed by atoms with Crippen molar-refractivity contribution in [1.29, 1.82) is 0 Å². The van der Waals surface area contributed by atoms with Gasteiger partial charge in [-0.2, -0.15) is 0 Å². The van der Waals surface area contributed by atoms with E-state index in [-0.39, 0.29) is 29.3 Å². The maximum Gasteiger partial charge on any atom is 0.257 e. The molecular formula is C23H27FN2O2. The van der Waals surface area contributed by atoms with Crippen LogP contribution in [0.2, 0.25) is 0 Å². The lowest BCUT2D eigenvalue weighted by Crippen LogP contribution is -2.53. The smallest absolute Gasteiger partial charge is 0.257 e. The zero-order valence-electron chi connectivity index (χ0n) is 16.7. The van der Waals surface area contributed by atoms with Crippen LogP contribution in [-0.2, 0) is 0 Å². The summed E-state index contributed by atoms with van der Waals surface area (Å²) in [6, 6.07) is 14.5. The van der Waals surface area contributed by atoms with E-state index in [0.717, 1.165) is 31.5 Å². The van der Waals surface area contributed by atoms with E-state index < -0.39 is 0 Å². The minimum atomic E-state index is -0.227. The first kappa shape index (κ1) is 18.8. The molecule has 2 fully saturated rings. The number of piperidine rings is 1. The number of para-hydroxylation sites is 1. The van der Waals surface area contributed by atoms with Crippen LogP contribution in [-0.4, -0.2) is 42.1 Å². The fourth-order valence-corrected chi connectivity index (χ4v) is 5.04. The van der Waals surface area contributed by atoms with Crippen LogP contribution >= 0.6 is 0 Å². The average molecular weight is 382 g/mol. The monoisotopic (exact) mass is 382 g/mol. The normalized spacial score (nSPS) is 23.4. The Labute approximate surface area is 165 Å². The highest BCUT2D eigenvalue weighted by atomic mass is 19.1. The first-order valence-corrected chi connectivity index (χ1v) is 9.91. The number of carbonyl (C=O) groups excluding carboxylic acids is 1. The predicted molar refractivity (Wildman–Crippen MR) is 108 cm³/mol. The van der Waals surface area contributed by atoms with Gasteiger partial charge in [0.15, 0.2) is 0 Å². The van der Waals surface area contributed by atoms with E-state index >= 15 is 0 Å². The first-order valence-electron chi connectivity index (χ1n) is 9.91. The molecule has 2 saturated heterocycles. The molecule has 0 unspecified atom stereocenters. The molecule has 2 aromatic carbocycles. The number of anilines is 1. The lowest BCUT2D eigenvalue weighted by molar-refractivity contribution is 0.0602. The molecule has 148 valence electrons. The SMILES string of the molecule is COc1ccccc1C(=O)N1CCC[C@H]2[C@@H]1CC(C)(C)N2c1cccc(F)c1. The van der Waals surface area contributed by atoms with Crippen molar-refractivity contribution in [1.82, 2.24) is 4.90 Å². The number of rotatable bonds is 3. The van der Waals surface area contributed by atoms with Gasteiger partial charge in [0.25, 0.3) is 5.91 Å². The van der Waals surface area contributed by atoms with Crippen molar-refractivity contribution in [3.05, 3.63) is 59.9 Å². The van der Waals surface area contributed by atoms with Crippen LogP contribution < -0.4 is 9.64 Å². The molecule has 4 nitrogen and oxygen atoms in total. The molecule has 2 aliphatic rings. The summed E-state index contributed by atoms with van der Waals surface area (Å²) in [5.74, 6) is 0.396. The molecule has 0 N–H and O–H groups in total. The lowest BCUT2D eigenvalue weighted by atomic mass is 9.93. The zero-order valence-corrected chi connectivity index (χ0v) is 16.7. The summed E-state index contributed by atoms with van der Waals surface area (Å²) >= 11 is 0. The quantitative estimate of drug-likeness (QED) is 0.784. The molecule has 0 radical (unpaired) electrons. The minimum absolute atomic E-state index is 0.0176. The Kier molecular flexibility index (Phi) is 4.77. The van der Waals surface area contributed by atoms with Gasteiger partial charge in [0, 0.05) is 17.8 Å². The second kappa shape index (κ2) is 7.12. The van der Waals surface area contributed by atoms with Gasteiger partial charge >= 0.3 is 0 Å². The fraction of sp³-hybridized carbons (Fsp3) is 0.435. The molecule has 2 aromatic rings. The summed E-state index contributed by atoms with van der Waals surface area (Å²) in [5.41, 5.74) is 1.34. The molecule has 1 amide bonds.